The molecule has 0 atom stereocenters. The zero-order valence-corrected chi connectivity index (χ0v) is 15.6. The van der Waals surface area contributed by atoms with Gasteiger partial charge in [-0.25, -0.2) is 9.67 Å². The van der Waals surface area contributed by atoms with Crippen molar-refractivity contribution in [2.75, 3.05) is 6.54 Å². The summed E-state index contributed by atoms with van der Waals surface area (Å²) in [5.41, 5.74) is 2.16. The Hall–Kier alpha value is -3.00. The van der Waals surface area contributed by atoms with Crippen LogP contribution in [0.5, 0.6) is 0 Å². The molecule has 0 saturated heterocycles. The molecule has 0 spiro atoms. The third-order valence-corrected chi connectivity index (χ3v) is 4.80. The number of rotatable bonds is 9. The maximum absolute atomic E-state index is 11.9. The Labute approximate surface area is 161 Å². The molecule has 7 nitrogen and oxygen atoms in total. The summed E-state index contributed by atoms with van der Waals surface area (Å²) in [4.78, 5) is 28.3. The van der Waals surface area contributed by atoms with E-state index in [0.29, 0.717) is 37.4 Å². The molecule has 2 aromatic heterocycles. The van der Waals surface area contributed by atoms with Crippen LogP contribution in [0.4, 0.5) is 0 Å². The van der Waals surface area contributed by atoms with Crippen LogP contribution < -0.4 is 10.6 Å². The van der Waals surface area contributed by atoms with Gasteiger partial charge >= 0.3 is 0 Å². The Morgan fingerprint density at radius 1 is 1.07 bits per heavy atom. The Morgan fingerprint density at radius 2 is 1.89 bits per heavy atom. The number of nitrogens with zero attached hydrogens (tertiary/aromatic N) is 3. The predicted molar refractivity (Wildman–Crippen MR) is 103 cm³/mol. The van der Waals surface area contributed by atoms with Crippen molar-refractivity contribution in [3.63, 3.8) is 0 Å². The van der Waals surface area contributed by atoms with Crippen LogP contribution in [0.25, 0.3) is 0 Å². The predicted octanol–water partition coefficient (Wildman–Crippen LogP) is 2.21. The first-order chi connectivity index (χ1) is 13.2. The number of amides is 2. The molecule has 8 heteroatoms. The summed E-state index contributed by atoms with van der Waals surface area (Å²) >= 11 is 1.40. The molecule has 27 heavy (non-hydrogen) atoms. The summed E-state index contributed by atoms with van der Waals surface area (Å²) in [6, 6.07) is 11.6. The van der Waals surface area contributed by atoms with Crippen molar-refractivity contribution in [3.8, 4) is 0 Å². The molecule has 0 aliphatic heterocycles. The molecule has 2 heterocycles. The number of nitrogens with one attached hydrogen (secondary N) is 2. The molecule has 2 N–H and O–H groups in total. The quantitative estimate of drug-likeness (QED) is 0.555. The van der Waals surface area contributed by atoms with Gasteiger partial charge in [0.25, 0.3) is 5.91 Å². The second-order valence-electron chi connectivity index (χ2n) is 6.02. The summed E-state index contributed by atoms with van der Waals surface area (Å²) in [5.74, 6) is -0.108. The zero-order valence-electron chi connectivity index (χ0n) is 14.8. The van der Waals surface area contributed by atoms with Gasteiger partial charge in [0.15, 0.2) is 0 Å². The van der Waals surface area contributed by atoms with Crippen LogP contribution in [0.3, 0.4) is 0 Å². The number of hydrogen-bond donors (Lipinski definition) is 2. The molecule has 0 bridgehead atoms. The van der Waals surface area contributed by atoms with Crippen molar-refractivity contribution in [2.45, 2.75) is 25.9 Å². The molecule has 3 rings (SSSR count). The van der Waals surface area contributed by atoms with Gasteiger partial charge in [0, 0.05) is 19.5 Å². The van der Waals surface area contributed by atoms with E-state index in [2.05, 4.69) is 20.7 Å². The molecule has 0 aliphatic rings. The first kappa shape index (κ1) is 18.8. The van der Waals surface area contributed by atoms with Crippen LogP contribution in [-0.4, -0.2) is 33.1 Å². The van der Waals surface area contributed by atoms with E-state index in [0.717, 1.165) is 11.1 Å². The van der Waals surface area contributed by atoms with E-state index in [9.17, 15) is 9.59 Å². The Morgan fingerprint density at radius 3 is 2.59 bits per heavy atom. The number of carbonyl (C=O) groups excluding carboxylic acids is 2. The molecule has 1 aromatic carbocycles. The van der Waals surface area contributed by atoms with Gasteiger partial charge in [-0.1, -0.05) is 30.3 Å². The third kappa shape index (κ3) is 6.03. The SMILES string of the molecule is O=C(CCCNC(=O)c1cccs1)NCc1ccc(Cn2cncn2)cc1. The van der Waals surface area contributed by atoms with Gasteiger partial charge in [0.1, 0.15) is 12.7 Å². The highest BCUT2D eigenvalue weighted by atomic mass is 32.1. The second kappa shape index (κ2) is 9.63. The van der Waals surface area contributed by atoms with Crippen molar-refractivity contribution in [1.82, 2.24) is 25.4 Å². The first-order valence-corrected chi connectivity index (χ1v) is 9.57. The number of hydrogen-bond acceptors (Lipinski definition) is 5. The largest absolute Gasteiger partial charge is 0.352 e. The van der Waals surface area contributed by atoms with Crippen LogP contribution in [0.2, 0.25) is 0 Å². The smallest absolute Gasteiger partial charge is 0.261 e. The van der Waals surface area contributed by atoms with E-state index in [1.807, 2.05) is 35.7 Å². The minimum Gasteiger partial charge on any atom is -0.352 e. The van der Waals surface area contributed by atoms with E-state index >= 15 is 0 Å². The average molecular weight is 383 g/mol. The fourth-order valence-electron chi connectivity index (χ4n) is 2.50. The molecule has 140 valence electrons. The molecule has 0 fully saturated rings. The van der Waals surface area contributed by atoms with Crippen LogP contribution >= 0.6 is 11.3 Å². The highest BCUT2D eigenvalue weighted by molar-refractivity contribution is 7.12. The van der Waals surface area contributed by atoms with Gasteiger partial charge in [-0.15, -0.1) is 11.3 Å². The summed E-state index contributed by atoms with van der Waals surface area (Å²) in [7, 11) is 0. The Balaban J connectivity index is 1.32. The van der Waals surface area contributed by atoms with Crippen molar-refractivity contribution < 1.29 is 9.59 Å². The van der Waals surface area contributed by atoms with Gasteiger partial charge in [-0.2, -0.15) is 5.10 Å². The maximum Gasteiger partial charge on any atom is 0.261 e. The van der Waals surface area contributed by atoms with Crippen LogP contribution in [0, 0.1) is 0 Å². The minimum atomic E-state index is -0.0867. The van der Waals surface area contributed by atoms with Crippen molar-refractivity contribution in [2.24, 2.45) is 0 Å². The van der Waals surface area contributed by atoms with Gasteiger partial charge < -0.3 is 10.6 Å². The van der Waals surface area contributed by atoms with Gasteiger partial charge in [-0.05, 0) is 29.0 Å². The normalized spacial score (nSPS) is 10.5. The van der Waals surface area contributed by atoms with Crippen LogP contribution in [0.15, 0.2) is 54.4 Å². The molecule has 0 radical (unpaired) electrons. The summed E-state index contributed by atoms with van der Waals surface area (Å²) < 4.78 is 1.76. The second-order valence-corrected chi connectivity index (χ2v) is 6.97. The lowest BCUT2D eigenvalue weighted by Crippen LogP contribution is -2.26. The summed E-state index contributed by atoms with van der Waals surface area (Å²) in [6.07, 6.45) is 4.18. The van der Waals surface area contributed by atoms with Gasteiger partial charge in [-0.3, -0.25) is 9.59 Å². The van der Waals surface area contributed by atoms with Gasteiger partial charge in [0.05, 0.1) is 11.4 Å². The number of carbonyl (C=O) groups is 2. The van der Waals surface area contributed by atoms with Crippen molar-refractivity contribution in [3.05, 3.63) is 70.4 Å². The van der Waals surface area contributed by atoms with E-state index in [1.54, 1.807) is 17.1 Å². The minimum absolute atomic E-state index is 0.0212. The lowest BCUT2D eigenvalue weighted by atomic mass is 10.1. The van der Waals surface area contributed by atoms with Crippen LogP contribution in [-0.2, 0) is 17.9 Å². The van der Waals surface area contributed by atoms with E-state index in [-0.39, 0.29) is 11.8 Å². The van der Waals surface area contributed by atoms with Crippen molar-refractivity contribution in [1.29, 1.82) is 0 Å². The van der Waals surface area contributed by atoms with Gasteiger partial charge in [0.2, 0.25) is 5.91 Å². The lowest BCUT2D eigenvalue weighted by Gasteiger charge is -2.07. The number of aromatic nitrogens is 3. The fraction of sp³-hybridized carbons (Fsp3) is 0.263. The first-order valence-electron chi connectivity index (χ1n) is 8.69. The standard InChI is InChI=1S/C19H21N5O2S/c25-18(4-1-9-21-19(26)17-3-2-10-27-17)22-11-15-5-7-16(8-6-15)12-24-14-20-13-23-24/h2-3,5-8,10,13-14H,1,4,9,11-12H2,(H,21,26)(H,22,25). The fourth-order valence-corrected chi connectivity index (χ4v) is 3.14. The van der Waals surface area contributed by atoms with E-state index in [1.165, 1.54) is 17.7 Å². The Bertz CT molecular complexity index is 845. The maximum atomic E-state index is 11.9. The monoisotopic (exact) mass is 383 g/mol. The van der Waals surface area contributed by atoms with Crippen LogP contribution in [0.1, 0.15) is 33.6 Å². The summed E-state index contributed by atoms with van der Waals surface area (Å²) in [6.45, 7) is 1.65. The van der Waals surface area contributed by atoms with Crippen molar-refractivity contribution >= 4 is 23.2 Å². The molecule has 0 saturated carbocycles. The topological polar surface area (TPSA) is 88.9 Å². The molecule has 3 aromatic rings. The highest BCUT2D eigenvalue weighted by Crippen LogP contribution is 2.08. The third-order valence-electron chi connectivity index (χ3n) is 3.93. The van der Waals surface area contributed by atoms with E-state index < -0.39 is 0 Å². The summed E-state index contributed by atoms with van der Waals surface area (Å²) in [5, 5.41) is 11.7. The Kier molecular flexibility index (Phi) is 6.70. The lowest BCUT2D eigenvalue weighted by molar-refractivity contribution is -0.121. The molecule has 0 aliphatic carbocycles. The number of thiophene rings is 1. The average Bonchev–Trinajstić information content (AvgIpc) is 3.38. The molecule has 0 unspecified atom stereocenters. The zero-order chi connectivity index (χ0) is 18.9. The molecular formula is C19H21N5O2S. The molecular weight excluding hydrogens is 362 g/mol. The molecule has 2 amide bonds. The number of benzene rings is 1. The highest BCUT2D eigenvalue weighted by Gasteiger charge is 2.06. The van der Waals surface area contributed by atoms with E-state index in [4.69, 9.17) is 0 Å².